The van der Waals surface area contributed by atoms with E-state index in [1.54, 1.807) is 48.5 Å². The summed E-state index contributed by atoms with van der Waals surface area (Å²) in [6.45, 7) is 0. The van der Waals surface area contributed by atoms with Gasteiger partial charge in [-0.25, -0.2) is 0 Å². The Bertz CT molecular complexity index is 975. The normalized spacial score (nSPS) is 10.0. The second-order valence-corrected chi connectivity index (χ2v) is 6.47. The van der Waals surface area contributed by atoms with Crippen LogP contribution in [0.1, 0.15) is 15.9 Å². The van der Waals surface area contributed by atoms with Gasteiger partial charge in [-0.1, -0.05) is 54.6 Å². The van der Waals surface area contributed by atoms with Crippen LogP contribution in [-0.2, 0) is 11.2 Å². The van der Waals surface area contributed by atoms with Gasteiger partial charge in [-0.15, -0.1) is 0 Å². The van der Waals surface area contributed by atoms with Crippen molar-refractivity contribution in [2.75, 3.05) is 10.6 Å². The van der Waals surface area contributed by atoms with Gasteiger partial charge in [0.05, 0.1) is 6.42 Å². The highest BCUT2D eigenvalue weighted by atomic mass is 32.1. The molecule has 0 spiro atoms. The summed E-state index contributed by atoms with van der Waals surface area (Å²) < 4.78 is 0. The summed E-state index contributed by atoms with van der Waals surface area (Å²) in [6.07, 6.45) is 0.296. The van der Waals surface area contributed by atoms with E-state index in [4.69, 9.17) is 12.2 Å². The van der Waals surface area contributed by atoms with Gasteiger partial charge in [0, 0.05) is 16.9 Å². The van der Waals surface area contributed by atoms with Crippen LogP contribution in [0.3, 0.4) is 0 Å². The number of carbonyl (C=O) groups is 2. The van der Waals surface area contributed by atoms with Crippen molar-refractivity contribution in [1.29, 1.82) is 0 Å². The maximum Gasteiger partial charge on any atom is 0.257 e. The molecule has 28 heavy (non-hydrogen) atoms. The first-order valence-corrected chi connectivity index (χ1v) is 9.12. The van der Waals surface area contributed by atoms with E-state index in [1.165, 1.54) is 0 Å². The molecule has 0 radical (unpaired) electrons. The summed E-state index contributed by atoms with van der Waals surface area (Å²) >= 11 is 5.20. The number of anilines is 2. The van der Waals surface area contributed by atoms with Crippen LogP contribution in [0.4, 0.5) is 11.4 Å². The zero-order chi connectivity index (χ0) is 19.8. The third-order valence-corrected chi connectivity index (χ3v) is 4.08. The molecule has 3 rings (SSSR count). The van der Waals surface area contributed by atoms with Crippen molar-refractivity contribution >= 4 is 40.5 Å². The number of benzene rings is 3. The summed E-state index contributed by atoms with van der Waals surface area (Å²) in [4.78, 5) is 24.3. The summed E-state index contributed by atoms with van der Waals surface area (Å²) in [5, 5.41) is 8.63. The highest BCUT2D eigenvalue weighted by molar-refractivity contribution is 7.80. The van der Waals surface area contributed by atoms with E-state index in [2.05, 4.69) is 16.0 Å². The van der Waals surface area contributed by atoms with E-state index in [1.807, 2.05) is 36.4 Å². The van der Waals surface area contributed by atoms with Gasteiger partial charge in [0.1, 0.15) is 0 Å². The Labute approximate surface area is 168 Å². The second kappa shape index (κ2) is 9.43. The highest BCUT2D eigenvalue weighted by Gasteiger charge is 2.08. The summed E-state index contributed by atoms with van der Waals surface area (Å²) in [7, 11) is 0. The van der Waals surface area contributed by atoms with Crippen LogP contribution < -0.4 is 16.0 Å². The lowest BCUT2D eigenvalue weighted by Gasteiger charge is -2.11. The molecule has 3 aromatic rings. The SMILES string of the molecule is O=C(Cc1ccccc1)Nc1cccc(NC(=S)NC(=O)c2ccccc2)c1. The molecule has 0 bridgehead atoms. The fourth-order valence-electron chi connectivity index (χ4n) is 2.59. The van der Waals surface area contributed by atoms with E-state index in [0.29, 0.717) is 23.4 Å². The summed E-state index contributed by atoms with van der Waals surface area (Å²) in [6, 6.07) is 25.5. The standard InChI is InChI=1S/C22H19N3O2S/c26-20(14-16-8-3-1-4-9-16)23-18-12-7-13-19(15-18)24-22(28)25-21(27)17-10-5-2-6-11-17/h1-13,15H,14H2,(H,23,26)(H2,24,25,27,28). The Balaban J connectivity index is 1.56. The Morgan fingerprint density at radius 1 is 0.750 bits per heavy atom. The average molecular weight is 389 g/mol. The molecule has 2 amide bonds. The van der Waals surface area contributed by atoms with Crippen molar-refractivity contribution in [2.24, 2.45) is 0 Å². The molecule has 0 aliphatic heterocycles. The minimum absolute atomic E-state index is 0.108. The van der Waals surface area contributed by atoms with Gasteiger partial charge in [-0.05, 0) is 48.1 Å². The van der Waals surface area contributed by atoms with Gasteiger partial charge in [0.2, 0.25) is 5.91 Å². The zero-order valence-electron chi connectivity index (χ0n) is 15.0. The topological polar surface area (TPSA) is 70.2 Å². The van der Waals surface area contributed by atoms with Gasteiger partial charge in [-0.3, -0.25) is 14.9 Å². The van der Waals surface area contributed by atoms with Crippen LogP contribution in [0, 0.1) is 0 Å². The Kier molecular flexibility index (Phi) is 6.49. The van der Waals surface area contributed by atoms with Crippen LogP contribution in [0.25, 0.3) is 0 Å². The van der Waals surface area contributed by atoms with Gasteiger partial charge in [0.25, 0.3) is 5.91 Å². The molecule has 0 aromatic heterocycles. The first kappa shape index (κ1) is 19.3. The van der Waals surface area contributed by atoms with E-state index in [-0.39, 0.29) is 16.9 Å². The molecular formula is C22H19N3O2S. The lowest BCUT2D eigenvalue weighted by Crippen LogP contribution is -2.34. The molecule has 0 saturated heterocycles. The van der Waals surface area contributed by atoms with Crippen LogP contribution >= 0.6 is 12.2 Å². The fourth-order valence-corrected chi connectivity index (χ4v) is 2.80. The molecule has 0 fully saturated rings. The van der Waals surface area contributed by atoms with E-state index in [0.717, 1.165) is 5.56 Å². The predicted molar refractivity (Wildman–Crippen MR) is 115 cm³/mol. The molecule has 0 heterocycles. The van der Waals surface area contributed by atoms with Crippen LogP contribution in [0.2, 0.25) is 0 Å². The first-order valence-electron chi connectivity index (χ1n) is 8.71. The molecule has 3 aromatic carbocycles. The molecule has 0 aliphatic carbocycles. The molecule has 0 atom stereocenters. The number of thiocarbonyl (C=S) groups is 1. The van der Waals surface area contributed by atoms with Crippen LogP contribution in [0.15, 0.2) is 84.9 Å². The lowest BCUT2D eigenvalue weighted by molar-refractivity contribution is -0.115. The highest BCUT2D eigenvalue weighted by Crippen LogP contribution is 2.15. The van der Waals surface area contributed by atoms with E-state index in [9.17, 15) is 9.59 Å². The van der Waals surface area contributed by atoms with Crippen molar-refractivity contribution < 1.29 is 9.59 Å². The van der Waals surface area contributed by atoms with Gasteiger partial charge >= 0.3 is 0 Å². The molecule has 6 heteroatoms. The van der Waals surface area contributed by atoms with Crippen molar-refractivity contribution in [3.63, 3.8) is 0 Å². The Morgan fingerprint density at radius 3 is 2.04 bits per heavy atom. The molecule has 0 aliphatic rings. The molecule has 0 saturated carbocycles. The lowest BCUT2D eigenvalue weighted by atomic mass is 10.1. The number of carbonyl (C=O) groups excluding carboxylic acids is 2. The van der Waals surface area contributed by atoms with Gasteiger partial charge in [0.15, 0.2) is 5.11 Å². The molecule has 140 valence electrons. The minimum atomic E-state index is -0.287. The van der Waals surface area contributed by atoms with Crippen molar-refractivity contribution in [3.05, 3.63) is 96.1 Å². The van der Waals surface area contributed by atoms with Gasteiger partial charge < -0.3 is 10.6 Å². The maximum absolute atomic E-state index is 12.2. The smallest absolute Gasteiger partial charge is 0.257 e. The Hall–Kier alpha value is -3.51. The van der Waals surface area contributed by atoms with E-state index < -0.39 is 0 Å². The maximum atomic E-state index is 12.2. The number of hydrogen-bond donors (Lipinski definition) is 3. The first-order chi connectivity index (χ1) is 13.6. The third kappa shape index (κ3) is 5.75. The van der Waals surface area contributed by atoms with Crippen molar-refractivity contribution in [2.45, 2.75) is 6.42 Å². The Morgan fingerprint density at radius 2 is 1.36 bits per heavy atom. The average Bonchev–Trinajstić information content (AvgIpc) is 2.69. The molecular weight excluding hydrogens is 370 g/mol. The third-order valence-electron chi connectivity index (χ3n) is 3.87. The largest absolute Gasteiger partial charge is 0.332 e. The number of nitrogens with one attached hydrogen (secondary N) is 3. The summed E-state index contributed by atoms with van der Waals surface area (Å²) in [5.41, 5.74) is 2.77. The van der Waals surface area contributed by atoms with Gasteiger partial charge in [-0.2, -0.15) is 0 Å². The van der Waals surface area contributed by atoms with Crippen molar-refractivity contribution in [3.8, 4) is 0 Å². The quantitative estimate of drug-likeness (QED) is 0.577. The number of amides is 2. The number of hydrogen-bond acceptors (Lipinski definition) is 3. The van der Waals surface area contributed by atoms with Crippen LogP contribution in [-0.4, -0.2) is 16.9 Å². The molecule has 3 N–H and O–H groups in total. The van der Waals surface area contributed by atoms with Crippen LogP contribution in [0.5, 0.6) is 0 Å². The monoisotopic (exact) mass is 389 g/mol. The summed E-state index contributed by atoms with van der Waals surface area (Å²) in [5.74, 6) is -0.395. The number of rotatable bonds is 5. The molecule has 0 unspecified atom stereocenters. The minimum Gasteiger partial charge on any atom is -0.332 e. The molecule has 5 nitrogen and oxygen atoms in total. The predicted octanol–water partition coefficient (Wildman–Crippen LogP) is 3.99. The zero-order valence-corrected chi connectivity index (χ0v) is 15.8. The van der Waals surface area contributed by atoms with E-state index >= 15 is 0 Å². The van der Waals surface area contributed by atoms with Crippen molar-refractivity contribution in [1.82, 2.24) is 5.32 Å². The second-order valence-electron chi connectivity index (χ2n) is 6.07. The fraction of sp³-hybridized carbons (Fsp3) is 0.0455.